The summed E-state index contributed by atoms with van der Waals surface area (Å²) < 4.78 is 0. The second-order valence-electron chi connectivity index (χ2n) is 5.10. The van der Waals surface area contributed by atoms with Gasteiger partial charge in [-0.2, -0.15) is 5.26 Å². The maximum absolute atomic E-state index is 9.12. The average molecular weight is 245 g/mol. The summed E-state index contributed by atoms with van der Waals surface area (Å²) in [5, 5.41) is 9.12. The number of aromatic nitrogens is 2. The van der Waals surface area contributed by atoms with Crippen LogP contribution in [0.4, 0.5) is 0 Å². The zero-order valence-electron chi connectivity index (χ0n) is 11.0. The van der Waals surface area contributed by atoms with Crippen LogP contribution in [0.5, 0.6) is 0 Å². The lowest BCUT2D eigenvalue weighted by Gasteiger charge is -2.40. The second kappa shape index (κ2) is 5.42. The highest BCUT2D eigenvalue weighted by Gasteiger charge is 2.29. The molecule has 96 valence electrons. The summed E-state index contributed by atoms with van der Waals surface area (Å²) in [5.74, 6) is 0.866. The second-order valence-corrected chi connectivity index (χ2v) is 5.10. The van der Waals surface area contributed by atoms with Crippen molar-refractivity contribution < 1.29 is 0 Å². The minimum absolute atomic E-state index is 0.366. The monoisotopic (exact) mass is 245 g/mol. The summed E-state index contributed by atoms with van der Waals surface area (Å²) in [4.78, 5) is 13.0. The van der Waals surface area contributed by atoms with Gasteiger partial charge in [0.2, 0.25) is 0 Å². The fraction of sp³-hybridized carbons (Fsp3) is 0.615. The van der Waals surface area contributed by atoms with Crippen LogP contribution in [0, 0.1) is 11.3 Å². The van der Waals surface area contributed by atoms with E-state index in [4.69, 9.17) is 5.26 Å². The Morgan fingerprint density at radius 1 is 1.22 bits per heavy atom. The van der Waals surface area contributed by atoms with Crippen molar-refractivity contribution in [2.24, 2.45) is 0 Å². The molecule has 0 N–H and O–H groups in total. The van der Waals surface area contributed by atoms with Crippen molar-refractivity contribution in [3.05, 3.63) is 24.3 Å². The van der Waals surface area contributed by atoms with E-state index in [0.29, 0.717) is 0 Å². The first-order valence-corrected chi connectivity index (χ1v) is 6.26. The number of piperazine rings is 1. The molecule has 1 aliphatic heterocycles. The van der Waals surface area contributed by atoms with Crippen LogP contribution in [0.1, 0.15) is 19.7 Å². The Morgan fingerprint density at radius 2 is 1.83 bits per heavy atom. The molecule has 5 nitrogen and oxygen atoms in total. The lowest BCUT2D eigenvalue weighted by atomic mass is 10.0. The molecule has 0 radical (unpaired) electrons. The Balaban J connectivity index is 1.86. The summed E-state index contributed by atoms with van der Waals surface area (Å²) in [7, 11) is 0. The van der Waals surface area contributed by atoms with Crippen LogP contribution in [0.3, 0.4) is 0 Å². The van der Waals surface area contributed by atoms with E-state index in [1.54, 1.807) is 12.4 Å². The van der Waals surface area contributed by atoms with Crippen LogP contribution < -0.4 is 0 Å². The highest BCUT2D eigenvalue weighted by Crippen LogP contribution is 2.16. The summed E-state index contributed by atoms with van der Waals surface area (Å²) in [5.41, 5.74) is -0.366. The van der Waals surface area contributed by atoms with Crippen molar-refractivity contribution in [2.75, 3.05) is 26.2 Å². The molecular weight excluding hydrogens is 226 g/mol. The quantitative estimate of drug-likeness (QED) is 0.792. The van der Waals surface area contributed by atoms with Crippen LogP contribution in [-0.2, 0) is 6.54 Å². The van der Waals surface area contributed by atoms with E-state index in [9.17, 15) is 0 Å². The van der Waals surface area contributed by atoms with E-state index in [-0.39, 0.29) is 5.54 Å². The normalized spacial score (nSPS) is 18.5. The number of hydrogen-bond acceptors (Lipinski definition) is 5. The average Bonchev–Trinajstić information content (AvgIpc) is 2.40. The van der Waals surface area contributed by atoms with Gasteiger partial charge in [-0.15, -0.1) is 0 Å². The van der Waals surface area contributed by atoms with E-state index >= 15 is 0 Å². The molecule has 0 atom stereocenters. The van der Waals surface area contributed by atoms with Gasteiger partial charge in [0.1, 0.15) is 11.4 Å². The number of nitrogens with zero attached hydrogens (tertiary/aromatic N) is 5. The molecule has 1 aliphatic rings. The van der Waals surface area contributed by atoms with Gasteiger partial charge in [-0.3, -0.25) is 9.80 Å². The first kappa shape index (κ1) is 12.9. The number of hydrogen-bond donors (Lipinski definition) is 0. The van der Waals surface area contributed by atoms with Gasteiger partial charge in [0, 0.05) is 38.6 Å². The Kier molecular flexibility index (Phi) is 3.90. The fourth-order valence-electron chi connectivity index (χ4n) is 2.15. The van der Waals surface area contributed by atoms with Crippen molar-refractivity contribution in [1.29, 1.82) is 5.26 Å². The molecule has 1 aromatic rings. The lowest BCUT2D eigenvalue weighted by molar-refractivity contribution is 0.0751. The van der Waals surface area contributed by atoms with Gasteiger partial charge < -0.3 is 0 Å². The van der Waals surface area contributed by atoms with Crippen molar-refractivity contribution in [3.8, 4) is 6.07 Å². The van der Waals surface area contributed by atoms with Gasteiger partial charge in [0.05, 0.1) is 12.6 Å². The van der Waals surface area contributed by atoms with Gasteiger partial charge >= 0.3 is 0 Å². The summed E-state index contributed by atoms with van der Waals surface area (Å²) in [6, 6.07) is 4.19. The van der Waals surface area contributed by atoms with Crippen molar-refractivity contribution in [2.45, 2.75) is 25.9 Å². The van der Waals surface area contributed by atoms with Crippen LogP contribution in [-0.4, -0.2) is 51.5 Å². The first-order valence-electron chi connectivity index (χ1n) is 6.26. The van der Waals surface area contributed by atoms with Gasteiger partial charge in [0.15, 0.2) is 0 Å². The largest absolute Gasteiger partial charge is 0.293 e. The van der Waals surface area contributed by atoms with Crippen molar-refractivity contribution in [3.63, 3.8) is 0 Å². The molecule has 0 amide bonds. The van der Waals surface area contributed by atoms with Crippen LogP contribution in [0.15, 0.2) is 18.5 Å². The summed E-state index contributed by atoms with van der Waals surface area (Å²) in [6.45, 7) is 8.51. The van der Waals surface area contributed by atoms with Gasteiger partial charge in [0.25, 0.3) is 0 Å². The Bertz CT molecular complexity index is 415. The third kappa shape index (κ3) is 3.03. The van der Waals surface area contributed by atoms with E-state index in [2.05, 4.69) is 25.8 Å². The Morgan fingerprint density at radius 3 is 2.39 bits per heavy atom. The SMILES string of the molecule is CC(C)(C#N)N1CCN(Cc2ncccn2)CC1. The zero-order chi connectivity index (χ0) is 13.0. The molecule has 0 unspecified atom stereocenters. The smallest absolute Gasteiger partial charge is 0.142 e. The molecule has 1 saturated heterocycles. The molecule has 0 spiro atoms. The van der Waals surface area contributed by atoms with Gasteiger partial charge in [-0.25, -0.2) is 9.97 Å². The summed E-state index contributed by atoms with van der Waals surface area (Å²) >= 11 is 0. The summed E-state index contributed by atoms with van der Waals surface area (Å²) in [6.07, 6.45) is 3.55. The molecule has 1 fully saturated rings. The Labute approximate surface area is 108 Å². The highest BCUT2D eigenvalue weighted by atomic mass is 15.3. The van der Waals surface area contributed by atoms with Crippen LogP contribution in [0.25, 0.3) is 0 Å². The van der Waals surface area contributed by atoms with Crippen LogP contribution in [0.2, 0.25) is 0 Å². The van der Waals surface area contributed by atoms with E-state index in [1.165, 1.54) is 0 Å². The maximum atomic E-state index is 9.12. The third-order valence-corrected chi connectivity index (χ3v) is 3.42. The number of nitriles is 1. The fourth-order valence-corrected chi connectivity index (χ4v) is 2.15. The van der Waals surface area contributed by atoms with E-state index in [1.807, 2.05) is 19.9 Å². The molecule has 2 rings (SSSR count). The van der Waals surface area contributed by atoms with Crippen LogP contribution >= 0.6 is 0 Å². The minimum Gasteiger partial charge on any atom is -0.293 e. The molecule has 18 heavy (non-hydrogen) atoms. The van der Waals surface area contributed by atoms with Gasteiger partial charge in [-0.05, 0) is 19.9 Å². The predicted molar refractivity (Wildman–Crippen MR) is 68.6 cm³/mol. The molecule has 2 heterocycles. The molecular formula is C13H19N5. The molecule has 5 heteroatoms. The molecule has 0 saturated carbocycles. The molecule has 0 aromatic carbocycles. The van der Waals surface area contributed by atoms with Crippen molar-refractivity contribution in [1.82, 2.24) is 19.8 Å². The molecule has 0 aliphatic carbocycles. The topological polar surface area (TPSA) is 56.1 Å². The zero-order valence-corrected chi connectivity index (χ0v) is 11.0. The first-order chi connectivity index (χ1) is 8.62. The highest BCUT2D eigenvalue weighted by molar-refractivity contribution is 5.03. The molecule has 0 bridgehead atoms. The lowest BCUT2D eigenvalue weighted by Crippen LogP contribution is -2.53. The third-order valence-electron chi connectivity index (χ3n) is 3.42. The van der Waals surface area contributed by atoms with E-state index < -0.39 is 0 Å². The maximum Gasteiger partial charge on any atom is 0.142 e. The standard InChI is InChI=1S/C13H19N5/c1-13(2,11-14)18-8-6-17(7-9-18)10-12-15-4-3-5-16-12/h3-5H,6-10H2,1-2H3. The molecule has 1 aromatic heterocycles. The minimum atomic E-state index is -0.366. The predicted octanol–water partition coefficient (Wildman–Crippen LogP) is 0.896. The van der Waals surface area contributed by atoms with E-state index in [0.717, 1.165) is 38.5 Å². The Hall–Kier alpha value is -1.51. The van der Waals surface area contributed by atoms with Gasteiger partial charge in [-0.1, -0.05) is 0 Å². The van der Waals surface area contributed by atoms with Crippen molar-refractivity contribution >= 4 is 0 Å². The number of rotatable bonds is 3.